The molecule has 5 nitrogen and oxygen atoms in total. The van der Waals surface area contributed by atoms with Crippen LogP contribution in [0.3, 0.4) is 0 Å². The molecule has 0 rings (SSSR count). The fourth-order valence-electron chi connectivity index (χ4n) is 0.373. The summed E-state index contributed by atoms with van der Waals surface area (Å²) in [4.78, 5) is 32.1. The maximum atomic E-state index is 11.1. The minimum atomic E-state index is -0.979. The molecule has 0 bridgehead atoms. The van der Waals surface area contributed by atoms with E-state index in [2.05, 4.69) is 5.64 Å². The van der Waals surface area contributed by atoms with Crippen LogP contribution in [0.2, 0.25) is 0 Å². The van der Waals surface area contributed by atoms with Gasteiger partial charge in [0.05, 0.1) is 0 Å². The molecule has 0 aromatic rings. The van der Waals surface area contributed by atoms with Crippen molar-refractivity contribution in [2.24, 2.45) is 0 Å². The molecule has 0 amide bonds. The highest BCUT2D eigenvalue weighted by Crippen LogP contribution is 2.11. The van der Waals surface area contributed by atoms with Crippen molar-refractivity contribution in [2.75, 3.05) is 0 Å². The van der Waals surface area contributed by atoms with E-state index < -0.39 is 11.2 Å². The Morgan fingerprint density at radius 1 is 0.867 bits per heavy atom. The van der Waals surface area contributed by atoms with E-state index in [1.807, 2.05) is 0 Å². The molecule has 0 fully saturated rings. The lowest BCUT2D eigenvalue weighted by Gasteiger charge is -2.26. The van der Waals surface area contributed by atoms with Gasteiger partial charge in [0.1, 0.15) is 11.2 Å². The van der Waals surface area contributed by atoms with Gasteiger partial charge >= 0.3 is 0 Å². The van der Waals surface area contributed by atoms with Crippen LogP contribution < -0.4 is 5.64 Å². The Bertz CT molecular complexity index is 232. The zero-order valence-electron chi connectivity index (χ0n) is 10.1. The first-order valence-corrected chi connectivity index (χ1v) is 4.72. The number of Topliss-reactive ketones (excluding diaryl/α,β-unsaturated/α-hetero) is 2. The van der Waals surface area contributed by atoms with Gasteiger partial charge in [0.2, 0.25) is 0 Å². The summed E-state index contributed by atoms with van der Waals surface area (Å²) >= 11 is 0. The van der Waals surface area contributed by atoms with Gasteiger partial charge in [0, 0.05) is 0 Å². The normalized spacial score (nSPS) is 12.7. The molecular formula is C10H19NO4. The van der Waals surface area contributed by atoms with E-state index >= 15 is 0 Å². The van der Waals surface area contributed by atoms with Crippen molar-refractivity contribution in [2.45, 2.75) is 52.7 Å². The van der Waals surface area contributed by atoms with Crippen LogP contribution in [-0.2, 0) is 19.3 Å². The smallest absolute Gasteiger partial charge is 0.163 e. The fourth-order valence-corrected chi connectivity index (χ4v) is 0.373. The number of hydrogen-bond acceptors (Lipinski definition) is 5. The van der Waals surface area contributed by atoms with Crippen LogP contribution in [0.5, 0.6) is 0 Å². The molecule has 0 aliphatic carbocycles. The van der Waals surface area contributed by atoms with Crippen molar-refractivity contribution in [1.82, 2.24) is 5.64 Å². The second-order valence-electron chi connectivity index (χ2n) is 4.42. The third-order valence-corrected chi connectivity index (χ3v) is 2.29. The van der Waals surface area contributed by atoms with Crippen LogP contribution in [0, 0.1) is 0 Å². The topological polar surface area (TPSA) is 64.6 Å². The van der Waals surface area contributed by atoms with Gasteiger partial charge in [-0.15, -0.1) is 0 Å². The maximum Gasteiger partial charge on any atom is 0.163 e. The molecule has 0 aromatic carbocycles. The van der Waals surface area contributed by atoms with Crippen LogP contribution in [0.1, 0.15) is 41.5 Å². The Labute approximate surface area is 90.0 Å². The lowest BCUT2D eigenvalue weighted by Crippen LogP contribution is -2.44. The van der Waals surface area contributed by atoms with Crippen molar-refractivity contribution in [3.63, 3.8) is 0 Å². The zero-order chi connectivity index (χ0) is 12.3. The Hall–Kier alpha value is -0.780. The molecule has 0 saturated heterocycles. The van der Waals surface area contributed by atoms with Crippen LogP contribution in [0.25, 0.3) is 0 Å². The summed E-state index contributed by atoms with van der Waals surface area (Å²) in [6.07, 6.45) is 0. The second kappa shape index (κ2) is 4.83. The third kappa shape index (κ3) is 4.51. The Morgan fingerprint density at radius 3 is 1.33 bits per heavy atom. The molecule has 0 spiro atoms. The van der Waals surface area contributed by atoms with E-state index in [1.54, 1.807) is 27.7 Å². The van der Waals surface area contributed by atoms with E-state index in [1.165, 1.54) is 13.8 Å². The van der Waals surface area contributed by atoms with Crippen LogP contribution in [0.4, 0.5) is 0 Å². The summed E-state index contributed by atoms with van der Waals surface area (Å²) in [6, 6.07) is 0. The van der Waals surface area contributed by atoms with Crippen LogP contribution in [-0.4, -0.2) is 22.8 Å². The molecule has 0 aliphatic rings. The van der Waals surface area contributed by atoms with Gasteiger partial charge in [-0.05, 0) is 41.5 Å². The molecule has 88 valence electrons. The van der Waals surface area contributed by atoms with E-state index in [0.717, 1.165) is 0 Å². The Balaban J connectivity index is 4.11. The number of nitrogens with one attached hydrogen (secondary N) is 1. The second-order valence-corrected chi connectivity index (χ2v) is 4.42. The highest BCUT2D eigenvalue weighted by molar-refractivity contribution is 5.84. The molecule has 0 atom stereocenters. The van der Waals surface area contributed by atoms with E-state index in [9.17, 15) is 9.59 Å². The number of carbonyl (C=O) groups excluding carboxylic acids is 2. The highest BCUT2D eigenvalue weighted by Gasteiger charge is 2.29. The Kier molecular flexibility index (Phi) is 4.58. The summed E-state index contributed by atoms with van der Waals surface area (Å²) in [5.41, 5.74) is 0.228. The monoisotopic (exact) mass is 217 g/mol. The molecule has 1 N–H and O–H groups in total. The summed E-state index contributed by atoms with van der Waals surface area (Å²) in [7, 11) is 0. The first kappa shape index (κ1) is 14.2. The molecule has 0 saturated carbocycles. The summed E-state index contributed by atoms with van der Waals surface area (Å²) in [6.45, 7) is 9.24. The molecule has 0 aliphatic heterocycles. The number of carbonyl (C=O) groups is 2. The van der Waals surface area contributed by atoms with Crippen molar-refractivity contribution >= 4 is 11.6 Å². The molecule has 0 aromatic heterocycles. The molecular weight excluding hydrogens is 198 g/mol. The first-order valence-electron chi connectivity index (χ1n) is 4.72. The van der Waals surface area contributed by atoms with Gasteiger partial charge in [-0.1, -0.05) is 5.64 Å². The molecule has 15 heavy (non-hydrogen) atoms. The van der Waals surface area contributed by atoms with E-state index in [-0.39, 0.29) is 11.6 Å². The lowest BCUT2D eigenvalue weighted by molar-refractivity contribution is -0.256. The number of rotatable bonds is 6. The fraction of sp³-hybridized carbons (Fsp3) is 0.800. The predicted molar refractivity (Wildman–Crippen MR) is 54.8 cm³/mol. The average Bonchev–Trinajstić information content (AvgIpc) is 2.02. The van der Waals surface area contributed by atoms with Gasteiger partial charge in [0.15, 0.2) is 11.6 Å². The summed E-state index contributed by atoms with van der Waals surface area (Å²) in [5.74, 6) is -0.279. The third-order valence-electron chi connectivity index (χ3n) is 2.29. The summed E-state index contributed by atoms with van der Waals surface area (Å²) in [5, 5.41) is 0. The maximum absolute atomic E-state index is 11.1. The van der Waals surface area contributed by atoms with Gasteiger partial charge in [-0.2, -0.15) is 0 Å². The van der Waals surface area contributed by atoms with Crippen LogP contribution in [0.15, 0.2) is 0 Å². The minimum Gasteiger partial charge on any atom is -0.297 e. The minimum absolute atomic E-state index is 0.140. The van der Waals surface area contributed by atoms with Gasteiger partial charge in [0.25, 0.3) is 0 Å². The number of ketones is 2. The predicted octanol–water partition coefficient (Wildman–Crippen LogP) is 1.17. The summed E-state index contributed by atoms with van der Waals surface area (Å²) < 4.78 is 0. The quantitative estimate of drug-likeness (QED) is 0.677. The van der Waals surface area contributed by atoms with Crippen molar-refractivity contribution in [3.05, 3.63) is 0 Å². The Morgan fingerprint density at radius 2 is 1.13 bits per heavy atom. The van der Waals surface area contributed by atoms with Crippen molar-refractivity contribution in [3.8, 4) is 0 Å². The highest BCUT2D eigenvalue weighted by atomic mass is 16.9. The van der Waals surface area contributed by atoms with Crippen LogP contribution >= 0.6 is 0 Å². The van der Waals surface area contributed by atoms with Crippen molar-refractivity contribution in [1.29, 1.82) is 0 Å². The average molecular weight is 217 g/mol. The zero-order valence-corrected chi connectivity index (χ0v) is 10.1. The first-order chi connectivity index (χ1) is 6.59. The molecule has 5 heteroatoms. The standard InChI is InChI=1S/C10H19NO4/c1-7(12)9(3,4)14-11-15-10(5,6)8(2)13/h11H,1-6H3. The molecule has 0 heterocycles. The largest absolute Gasteiger partial charge is 0.297 e. The van der Waals surface area contributed by atoms with E-state index in [4.69, 9.17) is 9.68 Å². The SMILES string of the molecule is CC(=O)C(C)(C)ONOC(C)(C)C(C)=O. The molecule has 0 radical (unpaired) electrons. The van der Waals surface area contributed by atoms with Gasteiger partial charge < -0.3 is 0 Å². The van der Waals surface area contributed by atoms with E-state index in [0.29, 0.717) is 0 Å². The number of hydrogen-bond donors (Lipinski definition) is 1. The molecule has 0 unspecified atom stereocenters. The van der Waals surface area contributed by atoms with Crippen molar-refractivity contribution < 1.29 is 19.3 Å². The van der Waals surface area contributed by atoms with Gasteiger partial charge in [-0.3, -0.25) is 19.3 Å². The van der Waals surface area contributed by atoms with Gasteiger partial charge in [-0.25, -0.2) is 0 Å². The lowest BCUT2D eigenvalue weighted by atomic mass is 10.1.